The third-order valence-corrected chi connectivity index (χ3v) is 2.22. The van der Waals surface area contributed by atoms with Gasteiger partial charge in [-0.15, -0.1) is 0 Å². The molecule has 1 amide bonds. The van der Waals surface area contributed by atoms with Crippen LogP contribution in [0.2, 0.25) is 0 Å². The zero-order valence-electron chi connectivity index (χ0n) is 10.2. The molecule has 0 radical (unpaired) electrons. The molecule has 6 heteroatoms. The highest BCUT2D eigenvalue weighted by atomic mass is 16.1. The molecule has 1 atom stereocenters. The number of nitrogens with two attached hydrogens (primary N) is 1. The third-order valence-electron chi connectivity index (χ3n) is 2.22. The van der Waals surface area contributed by atoms with E-state index in [1.54, 1.807) is 6.92 Å². The maximum absolute atomic E-state index is 11.9. The lowest BCUT2D eigenvalue weighted by Gasteiger charge is -2.18. The van der Waals surface area contributed by atoms with Crippen LogP contribution in [0.25, 0.3) is 0 Å². The molecule has 0 saturated heterocycles. The number of likely N-dealkylation sites (N-methyl/N-ethyl adjacent to an activating group) is 1. The van der Waals surface area contributed by atoms with Crippen molar-refractivity contribution in [1.29, 1.82) is 0 Å². The summed E-state index contributed by atoms with van der Waals surface area (Å²) >= 11 is 0. The number of aromatic amines is 1. The van der Waals surface area contributed by atoms with Gasteiger partial charge in [0.05, 0.1) is 0 Å². The van der Waals surface area contributed by atoms with E-state index < -0.39 is 0 Å². The van der Waals surface area contributed by atoms with Gasteiger partial charge in [-0.1, -0.05) is 0 Å². The first-order valence-corrected chi connectivity index (χ1v) is 5.17. The average molecular weight is 225 g/mol. The molecule has 0 aliphatic rings. The highest BCUT2D eigenvalue weighted by Gasteiger charge is 2.17. The second-order valence-electron chi connectivity index (χ2n) is 4.25. The van der Waals surface area contributed by atoms with Crippen molar-refractivity contribution in [3.63, 3.8) is 0 Å². The van der Waals surface area contributed by atoms with Gasteiger partial charge in [-0.2, -0.15) is 5.10 Å². The molecule has 1 aromatic rings. The minimum atomic E-state index is -0.182. The van der Waals surface area contributed by atoms with E-state index in [2.05, 4.69) is 15.5 Å². The third kappa shape index (κ3) is 2.96. The summed E-state index contributed by atoms with van der Waals surface area (Å²) in [7, 11) is 3.92. The quantitative estimate of drug-likeness (QED) is 0.672. The predicted molar refractivity (Wildman–Crippen MR) is 63.2 cm³/mol. The number of nitrogens with one attached hydrogen (secondary N) is 2. The van der Waals surface area contributed by atoms with E-state index in [1.807, 2.05) is 25.9 Å². The Morgan fingerprint density at radius 1 is 1.62 bits per heavy atom. The molecule has 1 aromatic heterocycles. The molecule has 0 fully saturated rings. The van der Waals surface area contributed by atoms with Crippen LogP contribution in [0, 0.1) is 6.92 Å². The van der Waals surface area contributed by atoms with Gasteiger partial charge in [-0.3, -0.25) is 9.89 Å². The SMILES string of the molecule is Cc1[nH]nc(N)c1C(=O)NC(C)CN(C)C. The van der Waals surface area contributed by atoms with Crippen LogP contribution in [0.1, 0.15) is 23.0 Å². The zero-order valence-corrected chi connectivity index (χ0v) is 10.2. The number of amides is 1. The Morgan fingerprint density at radius 2 is 2.25 bits per heavy atom. The van der Waals surface area contributed by atoms with Crippen LogP contribution < -0.4 is 11.1 Å². The van der Waals surface area contributed by atoms with Crippen LogP contribution in [-0.2, 0) is 0 Å². The molecule has 1 rings (SSSR count). The number of anilines is 1. The molecule has 1 heterocycles. The normalized spacial score (nSPS) is 12.8. The summed E-state index contributed by atoms with van der Waals surface area (Å²) in [5, 5.41) is 9.35. The lowest BCUT2D eigenvalue weighted by molar-refractivity contribution is 0.0934. The van der Waals surface area contributed by atoms with Crippen LogP contribution in [0.15, 0.2) is 0 Å². The number of H-pyrrole nitrogens is 1. The van der Waals surface area contributed by atoms with Crippen LogP contribution in [0.5, 0.6) is 0 Å². The predicted octanol–water partition coefficient (Wildman–Crippen LogP) is -0.0198. The fourth-order valence-electron chi connectivity index (χ4n) is 1.62. The summed E-state index contributed by atoms with van der Waals surface area (Å²) in [5.41, 5.74) is 6.73. The van der Waals surface area contributed by atoms with Crippen molar-refractivity contribution in [2.75, 3.05) is 26.4 Å². The number of nitrogen functional groups attached to an aromatic ring is 1. The second-order valence-corrected chi connectivity index (χ2v) is 4.25. The number of carbonyl (C=O) groups excluding carboxylic acids is 1. The lowest BCUT2D eigenvalue weighted by Crippen LogP contribution is -2.39. The maximum Gasteiger partial charge on any atom is 0.257 e. The number of aryl methyl sites for hydroxylation is 1. The van der Waals surface area contributed by atoms with Gasteiger partial charge in [0.2, 0.25) is 0 Å². The highest BCUT2D eigenvalue weighted by molar-refractivity contribution is 5.99. The van der Waals surface area contributed by atoms with Crippen LogP contribution in [0.4, 0.5) is 5.82 Å². The fraction of sp³-hybridized carbons (Fsp3) is 0.600. The van der Waals surface area contributed by atoms with Crippen LogP contribution >= 0.6 is 0 Å². The minimum absolute atomic E-state index is 0.0659. The van der Waals surface area contributed by atoms with Gasteiger partial charge >= 0.3 is 0 Å². The maximum atomic E-state index is 11.9. The minimum Gasteiger partial charge on any atom is -0.382 e. The van der Waals surface area contributed by atoms with E-state index in [9.17, 15) is 4.79 Å². The van der Waals surface area contributed by atoms with Crippen molar-refractivity contribution >= 4 is 11.7 Å². The van der Waals surface area contributed by atoms with Gasteiger partial charge in [-0.05, 0) is 27.9 Å². The Kier molecular flexibility index (Phi) is 3.89. The average Bonchev–Trinajstić information content (AvgIpc) is 2.44. The first-order chi connectivity index (χ1) is 7.41. The monoisotopic (exact) mass is 225 g/mol. The Bertz CT molecular complexity index is 352. The van der Waals surface area contributed by atoms with E-state index in [0.717, 1.165) is 6.54 Å². The van der Waals surface area contributed by atoms with Crippen molar-refractivity contribution in [2.24, 2.45) is 0 Å². The van der Waals surface area contributed by atoms with E-state index in [4.69, 9.17) is 5.73 Å². The first-order valence-electron chi connectivity index (χ1n) is 5.17. The smallest absolute Gasteiger partial charge is 0.257 e. The molecule has 0 saturated carbocycles. The van der Waals surface area contributed by atoms with Gasteiger partial charge < -0.3 is 16.0 Å². The van der Waals surface area contributed by atoms with Gasteiger partial charge in [-0.25, -0.2) is 0 Å². The Labute approximate surface area is 95.2 Å². The number of aromatic nitrogens is 2. The van der Waals surface area contributed by atoms with Gasteiger partial charge in [0, 0.05) is 18.3 Å². The van der Waals surface area contributed by atoms with Crippen molar-refractivity contribution in [1.82, 2.24) is 20.4 Å². The Balaban J connectivity index is 2.66. The van der Waals surface area contributed by atoms with E-state index >= 15 is 0 Å². The fourth-order valence-corrected chi connectivity index (χ4v) is 1.62. The highest BCUT2D eigenvalue weighted by Crippen LogP contribution is 2.11. The second kappa shape index (κ2) is 4.98. The zero-order chi connectivity index (χ0) is 12.3. The molecule has 16 heavy (non-hydrogen) atoms. The van der Waals surface area contributed by atoms with Gasteiger partial charge in [0.25, 0.3) is 5.91 Å². The molecule has 0 aliphatic heterocycles. The first kappa shape index (κ1) is 12.5. The molecule has 0 aliphatic carbocycles. The largest absolute Gasteiger partial charge is 0.382 e. The molecule has 0 spiro atoms. The number of carbonyl (C=O) groups is 1. The van der Waals surface area contributed by atoms with E-state index in [1.165, 1.54) is 0 Å². The Hall–Kier alpha value is -1.56. The summed E-state index contributed by atoms with van der Waals surface area (Å²) in [4.78, 5) is 13.9. The van der Waals surface area contributed by atoms with Crippen LogP contribution in [-0.4, -0.2) is 47.7 Å². The molecule has 4 N–H and O–H groups in total. The van der Waals surface area contributed by atoms with E-state index in [-0.39, 0.29) is 17.8 Å². The molecular weight excluding hydrogens is 206 g/mol. The summed E-state index contributed by atoms with van der Waals surface area (Å²) in [6.07, 6.45) is 0. The lowest BCUT2D eigenvalue weighted by atomic mass is 10.2. The molecule has 6 nitrogen and oxygen atoms in total. The number of hydrogen-bond donors (Lipinski definition) is 3. The molecule has 0 aromatic carbocycles. The van der Waals surface area contributed by atoms with E-state index in [0.29, 0.717) is 11.3 Å². The summed E-state index contributed by atoms with van der Waals surface area (Å²) < 4.78 is 0. The molecule has 0 bridgehead atoms. The van der Waals surface area contributed by atoms with Crippen molar-refractivity contribution < 1.29 is 4.79 Å². The van der Waals surface area contributed by atoms with Crippen molar-refractivity contribution in [3.8, 4) is 0 Å². The number of hydrogen-bond acceptors (Lipinski definition) is 4. The summed E-state index contributed by atoms with van der Waals surface area (Å²) in [6, 6.07) is 0.0659. The standard InChI is InChI=1S/C10H19N5O/c1-6(5-15(3)4)12-10(16)8-7(2)13-14-9(8)11/h6H,5H2,1-4H3,(H,12,16)(H3,11,13,14). The topological polar surface area (TPSA) is 87.0 Å². The van der Waals surface area contributed by atoms with Gasteiger partial charge in [0.15, 0.2) is 5.82 Å². The van der Waals surface area contributed by atoms with Crippen LogP contribution in [0.3, 0.4) is 0 Å². The van der Waals surface area contributed by atoms with Crippen molar-refractivity contribution in [2.45, 2.75) is 19.9 Å². The molecule has 1 unspecified atom stereocenters. The number of nitrogens with zero attached hydrogens (tertiary/aromatic N) is 2. The number of rotatable bonds is 4. The van der Waals surface area contributed by atoms with Gasteiger partial charge in [0.1, 0.15) is 5.56 Å². The molecular formula is C10H19N5O. The Morgan fingerprint density at radius 3 is 2.69 bits per heavy atom. The summed E-state index contributed by atoms with van der Waals surface area (Å²) in [5.74, 6) is 0.0603. The van der Waals surface area contributed by atoms with Crippen molar-refractivity contribution in [3.05, 3.63) is 11.3 Å². The summed E-state index contributed by atoms with van der Waals surface area (Å²) in [6.45, 7) is 4.50. The molecule has 90 valence electrons.